The van der Waals surface area contributed by atoms with E-state index in [-0.39, 0.29) is 6.07 Å². The predicted molar refractivity (Wildman–Crippen MR) is 23.6 cm³/mol. The summed E-state index contributed by atoms with van der Waals surface area (Å²) in [5.74, 6) is 0. The van der Waals surface area contributed by atoms with E-state index < -0.39 is 16.8 Å². The second-order valence-corrected chi connectivity index (χ2v) is 1.54. The molecule has 1 atom stereocenters. The number of hydrogen-bond acceptors (Lipinski definition) is 4. The van der Waals surface area contributed by atoms with E-state index in [1.807, 2.05) is 0 Å². The summed E-state index contributed by atoms with van der Waals surface area (Å²) in [7, 11) is 0. The molecular weight excluding hydrogens is 169 g/mol. The molecule has 1 N–H and O–H groups in total. The molecule has 5 nitrogen and oxygen atoms in total. The average molecular weight is 170 g/mol. The molecule has 0 amide bonds. The summed E-state index contributed by atoms with van der Waals surface area (Å²) in [5, 5.41) is 25.2. The van der Waals surface area contributed by atoms with E-state index in [0.29, 0.717) is 0 Å². The first-order valence-electron chi connectivity index (χ1n) is 2.10. The van der Waals surface area contributed by atoms with Crippen LogP contribution in [0.15, 0.2) is 0 Å². The first-order chi connectivity index (χ1) is 4.75. The molecule has 0 bridgehead atoms. The van der Waals surface area contributed by atoms with Gasteiger partial charge in [0.25, 0.3) is 0 Å². The van der Waals surface area contributed by atoms with Crippen molar-refractivity contribution in [3.05, 3.63) is 10.1 Å². The SMILES string of the molecule is N#CC(O)([N+](=O)[O-])C(F)(F)F. The molecule has 62 valence electrons. The van der Waals surface area contributed by atoms with Crippen molar-refractivity contribution in [3.63, 3.8) is 0 Å². The minimum atomic E-state index is -5.58. The first kappa shape index (κ1) is 9.64. The van der Waals surface area contributed by atoms with Gasteiger partial charge in [0.1, 0.15) is 0 Å². The van der Waals surface area contributed by atoms with Crippen LogP contribution in [-0.2, 0) is 0 Å². The number of hydrogen-bond donors (Lipinski definition) is 1. The first-order valence-corrected chi connectivity index (χ1v) is 2.10. The lowest BCUT2D eigenvalue weighted by atomic mass is 10.2. The van der Waals surface area contributed by atoms with Crippen molar-refractivity contribution in [1.82, 2.24) is 0 Å². The zero-order valence-corrected chi connectivity index (χ0v) is 4.79. The molecule has 0 aromatic carbocycles. The second-order valence-electron chi connectivity index (χ2n) is 1.54. The molecule has 0 aliphatic carbocycles. The quantitative estimate of drug-likeness (QED) is 0.260. The van der Waals surface area contributed by atoms with E-state index >= 15 is 0 Å². The number of aliphatic hydroxyl groups is 1. The molecule has 0 saturated carbocycles. The van der Waals surface area contributed by atoms with Crippen molar-refractivity contribution in [3.8, 4) is 6.07 Å². The summed E-state index contributed by atoms with van der Waals surface area (Å²) in [5.41, 5.74) is -4.49. The van der Waals surface area contributed by atoms with Crippen LogP contribution < -0.4 is 0 Å². The third-order valence-electron chi connectivity index (χ3n) is 0.815. The second kappa shape index (κ2) is 2.35. The Morgan fingerprint density at radius 1 is 1.55 bits per heavy atom. The van der Waals surface area contributed by atoms with Gasteiger partial charge in [0.05, 0.1) is 4.92 Å². The maximum atomic E-state index is 11.4. The van der Waals surface area contributed by atoms with Crippen LogP contribution >= 0.6 is 0 Å². The molecule has 0 saturated heterocycles. The van der Waals surface area contributed by atoms with Crippen LogP contribution in [0, 0.1) is 21.4 Å². The Labute approximate surface area is 57.8 Å². The van der Waals surface area contributed by atoms with Crippen molar-refractivity contribution < 1.29 is 23.2 Å². The van der Waals surface area contributed by atoms with E-state index in [1.54, 1.807) is 0 Å². The van der Waals surface area contributed by atoms with Crippen LogP contribution in [0.3, 0.4) is 0 Å². The fourth-order valence-corrected chi connectivity index (χ4v) is 0.208. The highest BCUT2D eigenvalue weighted by molar-refractivity contribution is 4.96. The van der Waals surface area contributed by atoms with Gasteiger partial charge in [-0.1, -0.05) is 0 Å². The highest BCUT2D eigenvalue weighted by atomic mass is 19.4. The molecule has 8 heteroatoms. The van der Waals surface area contributed by atoms with Crippen LogP contribution in [0.2, 0.25) is 0 Å². The number of nitriles is 1. The Morgan fingerprint density at radius 3 is 1.91 bits per heavy atom. The normalized spacial score (nSPS) is 16.6. The summed E-state index contributed by atoms with van der Waals surface area (Å²) in [6.45, 7) is 0. The Kier molecular flexibility index (Phi) is 2.06. The highest BCUT2D eigenvalue weighted by Gasteiger charge is 2.67. The van der Waals surface area contributed by atoms with Gasteiger partial charge in [0.2, 0.25) is 0 Å². The Bertz CT molecular complexity index is 219. The highest BCUT2D eigenvalue weighted by Crippen LogP contribution is 2.29. The molecule has 0 aromatic heterocycles. The molecule has 11 heavy (non-hydrogen) atoms. The molecule has 0 radical (unpaired) electrons. The summed E-state index contributed by atoms with van der Waals surface area (Å²) in [4.78, 5) is 7.41. The van der Waals surface area contributed by atoms with Crippen molar-refractivity contribution >= 4 is 0 Å². The standard InChI is InChI=1S/C3HF3N2O3/c4-3(5,6)2(9,1-7)8(10)11/h9H. The molecular formula is C3HF3N2O3. The Morgan fingerprint density at radius 2 is 1.91 bits per heavy atom. The molecule has 0 aliphatic heterocycles. The van der Waals surface area contributed by atoms with Gasteiger partial charge in [-0.05, 0) is 0 Å². The third kappa shape index (κ3) is 1.38. The van der Waals surface area contributed by atoms with Gasteiger partial charge in [0.15, 0.2) is 6.07 Å². The number of rotatable bonds is 1. The zero-order chi connectivity index (χ0) is 9.28. The largest absolute Gasteiger partial charge is 0.506 e. The van der Waals surface area contributed by atoms with E-state index in [2.05, 4.69) is 0 Å². The van der Waals surface area contributed by atoms with Crippen LogP contribution in [0.1, 0.15) is 0 Å². The van der Waals surface area contributed by atoms with Gasteiger partial charge in [-0.25, -0.2) is 0 Å². The smallest absolute Gasteiger partial charge is 0.311 e. The van der Waals surface area contributed by atoms with E-state index in [4.69, 9.17) is 10.4 Å². The molecule has 1 unspecified atom stereocenters. The summed E-state index contributed by atoms with van der Waals surface area (Å²) >= 11 is 0. The maximum absolute atomic E-state index is 11.4. The molecule has 0 aromatic rings. The molecule has 0 spiro atoms. The number of nitrogens with zero attached hydrogens (tertiary/aromatic N) is 2. The minimum Gasteiger partial charge on any atom is -0.311 e. The van der Waals surface area contributed by atoms with Crippen LogP contribution in [0.25, 0.3) is 0 Å². The zero-order valence-electron chi connectivity index (χ0n) is 4.79. The minimum absolute atomic E-state index is 0.149. The van der Waals surface area contributed by atoms with Gasteiger partial charge < -0.3 is 5.11 Å². The summed E-state index contributed by atoms with van der Waals surface area (Å²) in [6, 6.07) is 0.149. The third-order valence-corrected chi connectivity index (χ3v) is 0.815. The summed E-state index contributed by atoms with van der Waals surface area (Å²) < 4.78 is 34.3. The van der Waals surface area contributed by atoms with E-state index in [1.165, 1.54) is 0 Å². The van der Waals surface area contributed by atoms with Crippen molar-refractivity contribution in [1.29, 1.82) is 5.26 Å². The van der Waals surface area contributed by atoms with Crippen LogP contribution in [0.5, 0.6) is 0 Å². The number of halogens is 3. The Hall–Kier alpha value is -1.36. The lowest BCUT2D eigenvalue weighted by molar-refractivity contribution is -0.647. The summed E-state index contributed by atoms with van der Waals surface area (Å²) in [6.07, 6.45) is -5.58. The number of nitro groups is 1. The molecule has 0 heterocycles. The van der Waals surface area contributed by atoms with Gasteiger partial charge in [-0.15, -0.1) is 0 Å². The van der Waals surface area contributed by atoms with Gasteiger partial charge in [0, 0.05) is 0 Å². The fraction of sp³-hybridized carbons (Fsp3) is 0.667. The van der Waals surface area contributed by atoms with Crippen LogP contribution in [-0.4, -0.2) is 21.9 Å². The predicted octanol–water partition coefficient (Wildman–Crippen LogP) is 0.0376. The van der Waals surface area contributed by atoms with Gasteiger partial charge >= 0.3 is 11.9 Å². The van der Waals surface area contributed by atoms with Crippen LogP contribution in [0.4, 0.5) is 13.2 Å². The van der Waals surface area contributed by atoms with Crippen molar-refractivity contribution in [2.45, 2.75) is 11.9 Å². The van der Waals surface area contributed by atoms with Gasteiger partial charge in [-0.3, -0.25) is 10.1 Å². The number of alkyl halides is 3. The van der Waals surface area contributed by atoms with Gasteiger partial charge in [-0.2, -0.15) is 18.4 Å². The molecule has 0 fully saturated rings. The lowest BCUT2D eigenvalue weighted by Crippen LogP contribution is -2.50. The van der Waals surface area contributed by atoms with Crippen molar-refractivity contribution in [2.24, 2.45) is 0 Å². The van der Waals surface area contributed by atoms with E-state index in [0.717, 1.165) is 0 Å². The topological polar surface area (TPSA) is 87.2 Å². The fourth-order valence-electron chi connectivity index (χ4n) is 0.208. The monoisotopic (exact) mass is 170 g/mol. The van der Waals surface area contributed by atoms with Crippen molar-refractivity contribution in [2.75, 3.05) is 0 Å². The Balaban J connectivity index is 4.96. The maximum Gasteiger partial charge on any atom is 0.506 e. The lowest BCUT2D eigenvalue weighted by Gasteiger charge is -2.13. The average Bonchev–Trinajstić information content (AvgIpc) is 1.83. The molecule has 0 rings (SSSR count). The van der Waals surface area contributed by atoms with E-state index in [9.17, 15) is 23.3 Å². The molecule has 0 aliphatic rings.